The van der Waals surface area contributed by atoms with Crippen LogP contribution in [0.25, 0.3) is 11.4 Å². The number of amides is 2. The largest absolute Gasteiger partial charge is 0.339 e. The molecule has 0 unspecified atom stereocenters. The predicted molar refractivity (Wildman–Crippen MR) is 98.4 cm³/mol. The zero-order valence-corrected chi connectivity index (χ0v) is 13.7. The maximum absolute atomic E-state index is 11.8. The second-order valence-electron chi connectivity index (χ2n) is 5.38. The van der Waals surface area contributed by atoms with Crippen molar-refractivity contribution in [2.75, 3.05) is 5.32 Å². The number of nitrogens with one attached hydrogen (secondary N) is 2. The van der Waals surface area contributed by atoms with Crippen LogP contribution in [0.4, 0.5) is 10.5 Å². The van der Waals surface area contributed by atoms with Gasteiger partial charge in [0.2, 0.25) is 0 Å². The first-order valence-electron chi connectivity index (χ1n) is 7.75. The molecular weight excluding hydrogens is 314 g/mol. The zero-order chi connectivity index (χ0) is 17.5. The number of aromatic nitrogens is 2. The predicted octanol–water partition coefficient (Wildman–Crippen LogP) is 3.61. The van der Waals surface area contributed by atoms with Crippen LogP contribution in [-0.4, -0.2) is 22.2 Å². The molecule has 0 saturated heterocycles. The molecule has 2 N–H and O–H groups in total. The minimum absolute atomic E-state index is 0.405. The number of aryl methyl sites for hydroxylation is 1. The van der Waals surface area contributed by atoms with Gasteiger partial charge in [-0.25, -0.2) is 10.2 Å². The molecule has 2 heterocycles. The Labute approximate surface area is 145 Å². The minimum Gasteiger partial charge on any atom is -0.307 e. The minimum atomic E-state index is -0.405. The Hall–Kier alpha value is -3.54. The van der Waals surface area contributed by atoms with Crippen molar-refractivity contribution in [1.29, 1.82) is 0 Å². The van der Waals surface area contributed by atoms with Gasteiger partial charge in [-0.1, -0.05) is 18.2 Å². The molecule has 1 aromatic carbocycles. The van der Waals surface area contributed by atoms with Crippen molar-refractivity contribution in [2.45, 2.75) is 6.92 Å². The number of hydrogen-bond acceptors (Lipinski definition) is 4. The molecule has 0 spiro atoms. The number of nitrogens with zero attached hydrogens (tertiary/aromatic N) is 3. The van der Waals surface area contributed by atoms with E-state index in [0.29, 0.717) is 5.69 Å². The van der Waals surface area contributed by atoms with E-state index in [4.69, 9.17) is 0 Å². The molecule has 6 heteroatoms. The van der Waals surface area contributed by atoms with Crippen molar-refractivity contribution in [3.05, 3.63) is 78.1 Å². The van der Waals surface area contributed by atoms with Crippen LogP contribution in [0.15, 0.2) is 72.1 Å². The molecule has 25 heavy (non-hydrogen) atoms. The van der Waals surface area contributed by atoms with Crippen molar-refractivity contribution < 1.29 is 4.79 Å². The molecule has 0 aliphatic rings. The Morgan fingerprint density at radius 1 is 1.00 bits per heavy atom. The molecule has 0 bridgehead atoms. The number of carbonyl (C=O) groups is 1. The van der Waals surface area contributed by atoms with Gasteiger partial charge >= 0.3 is 6.03 Å². The Morgan fingerprint density at radius 2 is 1.72 bits per heavy atom. The van der Waals surface area contributed by atoms with Crippen LogP contribution in [0.3, 0.4) is 0 Å². The third-order valence-corrected chi connectivity index (χ3v) is 3.37. The van der Waals surface area contributed by atoms with Gasteiger partial charge in [-0.05, 0) is 54.4 Å². The van der Waals surface area contributed by atoms with E-state index in [1.807, 2.05) is 43.3 Å². The Balaban J connectivity index is 1.64. The number of benzene rings is 1. The summed E-state index contributed by atoms with van der Waals surface area (Å²) >= 11 is 0. The van der Waals surface area contributed by atoms with Crippen molar-refractivity contribution in [1.82, 2.24) is 15.4 Å². The van der Waals surface area contributed by atoms with Gasteiger partial charge in [-0.15, -0.1) is 0 Å². The summed E-state index contributed by atoms with van der Waals surface area (Å²) in [6, 6.07) is 16.3. The van der Waals surface area contributed by atoms with E-state index in [-0.39, 0.29) is 0 Å². The molecule has 2 amide bonds. The number of urea groups is 1. The highest BCUT2D eigenvalue weighted by atomic mass is 16.2. The lowest BCUT2D eigenvalue weighted by molar-refractivity contribution is 0.252. The smallest absolute Gasteiger partial charge is 0.307 e. The number of anilines is 1. The molecule has 3 rings (SSSR count). The van der Waals surface area contributed by atoms with E-state index < -0.39 is 6.03 Å². The fourth-order valence-electron chi connectivity index (χ4n) is 2.19. The van der Waals surface area contributed by atoms with E-state index in [0.717, 1.165) is 22.5 Å². The summed E-state index contributed by atoms with van der Waals surface area (Å²) in [7, 11) is 0. The molecular formula is C19H17N5O. The van der Waals surface area contributed by atoms with Crippen LogP contribution < -0.4 is 10.7 Å². The average Bonchev–Trinajstić information content (AvgIpc) is 2.63. The quantitative estimate of drug-likeness (QED) is 0.566. The highest BCUT2D eigenvalue weighted by Gasteiger charge is 2.02. The first-order chi connectivity index (χ1) is 12.2. The van der Waals surface area contributed by atoms with E-state index in [1.54, 1.807) is 36.8 Å². The van der Waals surface area contributed by atoms with E-state index in [2.05, 4.69) is 25.8 Å². The van der Waals surface area contributed by atoms with Crippen LogP contribution in [0.1, 0.15) is 11.1 Å². The number of para-hydroxylation sites is 1. The van der Waals surface area contributed by atoms with Gasteiger partial charge in [0.15, 0.2) is 0 Å². The van der Waals surface area contributed by atoms with Gasteiger partial charge in [0.25, 0.3) is 0 Å². The number of pyridine rings is 2. The van der Waals surface area contributed by atoms with Crippen LogP contribution >= 0.6 is 0 Å². The molecule has 0 aliphatic carbocycles. The standard InChI is InChI=1S/C19H17N5O/c1-14-7-9-20-17(11-14)18-12-15(8-10-21-18)13-22-24-19(25)23-16-5-3-2-4-6-16/h2-13H,1H3,(H2,23,24,25)/b22-13+. The highest BCUT2D eigenvalue weighted by Crippen LogP contribution is 2.15. The Bertz CT molecular complexity index is 893. The van der Waals surface area contributed by atoms with Gasteiger partial charge in [-0.3, -0.25) is 9.97 Å². The number of hydrazone groups is 1. The van der Waals surface area contributed by atoms with E-state index >= 15 is 0 Å². The summed E-state index contributed by atoms with van der Waals surface area (Å²) in [5.41, 5.74) is 6.61. The zero-order valence-electron chi connectivity index (χ0n) is 13.7. The lowest BCUT2D eigenvalue weighted by atomic mass is 10.1. The second-order valence-corrected chi connectivity index (χ2v) is 5.38. The monoisotopic (exact) mass is 331 g/mol. The highest BCUT2D eigenvalue weighted by molar-refractivity contribution is 5.90. The van der Waals surface area contributed by atoms with Crippen molar-refractivity contribution in [3.8, 4) is 11.4 Å². The molecule has 0 saturated carbocycles. The summed E-state index contributed by atoms with van der Waals surface area (Å²) in [6.45, 7) is 2.01. The summed E-state index contributed by atoms with van der Waals surface area (Å²) in [5.74, 6) is 0. The normalized spacial score (nSPS) is 10.6. The van der Waals surface area contributed by atoms with Crippen molar-refractivity contribution in [3.63, 3.8) is 0 Å². The molecule has 3 aromatic rings. The Kier molecular flexibility index (Phi) is 5.11. The number of carbonyl (C=O) groups excluding carboxylic acids is 1. The second kappa shape index (κ2) is 7.83. The van der Waals surface area contributed by atoms with Crippen molar-refractivity contribution >= 4 is 17.9 Å². The molecule has 0 atom stereocenters. The molecule has 0 fully saturated rings. The topological polar surface area (TPSA) is 79.3 Å². The SMILES string of the molecule is Cc1ccnc(-c2cc(/C=N/NC(=O)Nc3ccccc3)ccn2)c1. The van der Waals surface area contributed by atoms with Crippen LogP contribution in [-0.2, 0) is 0 Å². The summed E-state index contributed by atoms with van der Waals surface area (Å²) in [6.07, 6.45) is 5.00. The third kappa shape index (κ3) is 4.71. The molecule has 6 nitrogen and oxygen atoms in total. The molecule has 0 radical (unpaired) electrons. The first kappa shape index (κ1) is 16.3. The van der Waals surface area contributed by atoms with Gasteiger partial charge in [0, 0.05) is 18.1 Å². The fourth-order valence-corrected chi connectivity index (χ4v) is 2.19. The molecule has 124 valence electrons. The summed E-state index contributed by atoms with van der Waals surface area (Å²) < 4.78 is 0. The van der Waals surface area contributed by atoms with Crippen LogP contribution in [0.5, 0.6) is 0 Å². The number of hydrogen-bond donors (Lipinski definition) is 2. The van der Waals surface area contributed by atoms with Gasteiger partial charge < -0.3 is 5.32 Å². The summed E-state index contributed by atoms with van der Waals surface area (Å²) in [4.78, 5) is 20.4. The third-order valence-electron chi connectivity index (χ3n) is 3.37. The Morgan fingerprint density at radius 3 is 2.48 bits per heavy atom. The van der Waals surface area contributed by atoms with Crippen molar-refractivity contribution in [2.24, 2.45) is 5.10 Å². The average molecular weight is 331 g/mol. The fraction of sp³-hybridized carbons (Fsp3) is 0.0526. The van der Waals surface area contributed by atoms with Crippen LogP contribution in [0, 0.1) is 6.92 Å². The maximum Gasteiger partial charge on any atom is 0.339 e. The van der Waals surface area contributed by atoms with Gasteiger partial charge in [-0.2, -0.15) is 5.10 Å². The molecule has 0 aliphatic heterocycles. The lowest BCUT2D eigenvalue weighted by Crippen LogP contribution is -2.24. The maximum atomic E-state index is 11.8. The van der Waals surface area contributed by atoms with E-state index in [1.165, 1.54) is 0 Å². The number of rotatable bonds is 4. The first-order valence-corrected chi connectivity index (χ1v) is 7.75. The van der Waals surface area contributed by atoms with Gasteiger partial charge in [0.05, 0.1) is 17.6 Å². The van der Waals surface area contributed by atoms with Gasteiger partial charge in [0.1, 0.15) is 0 Å². The summed E-state index contributed by atoms with van der Waals surface area (Å²) in [5, 5.41) is 6.64. The lowest BCUT2D eigenvalue weighted by Gasteiger charge is -2.04. The molecule has 2 aromatic heterocycles. The van der Waals surface area contributed by atoms with Crippen LogP contribution in [0.2, 0.25) is 0 Å². The van der Waals surface area contributed by atoms with E-state index in [9.17, 15) is 4.79 Å².